The minimum absolute atomic E-state index is 0.0220. The molecular weight excluding hydrogens is 450 g/mol. The molecule has 1 N–H and O–H groups in total. The Morgan fingerprint density at radius 2 is 1.77 bits per heavy atom. The zero-order valence-corrected chi connectivity index (χ0v) is 22.1. The van der Waals surface area contributed by atoms with E-state index in [1.54, 1.807) is 0 Å². The average molecular weight is 484 g/mol. The average Bonchev–Trinajstić information content (AvgIpc) is 3.19. The number of hydrogen-bond donors (Lipinski definition) is 1. The molecule has 0 amide bonds. The maximum Gasteiger partial charge on any atom is 0.174 e. The van der Waals surface area contributed by atoms with Gasteiger partial charge in [0.05, 0.1) is 23.3 Å². The van der Waals surface area contributed by atoms with Crippen molar-refractivity contribution in [3.05, 3.63) is 89.8 Å². The first-order valence-corrected chi connectivity index (χ1v) is 12.4. The molecule has 0 radical (unpaired) electrons. The van der Waals surface area contributed by atoms with Gasteiger partial charge in [-0.25, -0.2) is 0 Å². The van der Waals surface area contributed by atoms with Crippen LogP contribution in [0.2, 0.25) is 0 Å². The summed E-state index contributed by atoms with van der Waals surface area (Å²) in [5.74, 6) is 0. The van der Waals surface area contributed by atoms with Crippen molar-refractivity contribution in [1.29, 1.82) is 0 Å². The van der Waals surface area contributed by atoms with Crippen LogP contribution >= 0.6 is 12.2 Å². The van der Waals surface area contributed by atoms with Crippen molar-refractivity contribution in [3.8, 4) is 0 Å². The molecule has 0 aliphatic carbocycles. The zero-order chi connectivity index (χ0) is 24.9. The van der Waals surface area contributed by atoms with Gasteiger partial charge in [-0.15, -0.1) is 0 Å². The highest BCUT2D eigenvalue weighted by Crippen LogP contribution is 2.45. The number of pyridine rings is 1. The summed E-state index contributed by atoms with van der Waals surface area (Å²) < 4.78 is 0. The van der Waals surface area contributed by atoms with Crippen molar-refractivity contribution >= 4 is 40.0 Å². The summed E-state index contributed by atoms with van der Waals surface area (Å²) in [4.78, 5) is 11.4. The largest absolute Gasteiger partial charge is 0.378 e. The third kappa shape index (κ3) is 4.06. The predicted octanol–water partition coefficient (Wildman–Crippen LogP) is 5.96. The second-order valence-electron chi connectivity index (χ2n) is 10.2. The summed E-state index contributed by atoms with van der Waals surface area (Å²) in [7, 11) is 6.28. The number of allylic oxidation sites excluding steroid dienone is 1. The first kappa shape index (κ1) is 23.4. The standard InChI is InChI=1S/C29H33N5S/c1-19-18-29(2,3)33(6)25-15-10-20(17-23(19)25)27-26(24-9-7-8-16-30-24)31-28(35)34(27)22-13-11-21(12-14-22)32(4)5/h7-18,26-27H,1-6H3,(H,31,35). The highest BCUT2D eigenvalue weighted by atomic mass is 32.1. The van der Waals surface area contributed by atoms with Crippen molar-refractivity contribution in [2.45, 2.75) is 38.4 Å². The van der Waals surface area contributed by atoms with Gasteiger partial charge in [0.1, 0.15) is 0 Å². The van der Waals surface area contributed by atoms with Crippen LogP contribution in [0.3, 0.4) is 0 Å². The van der Waals surface area contributed by atoms with Crippen molar-refractivity contribution < 1.29 is 0 Å². The lowest BCUT2D eigenvalue weighted by molar-refractivity contribution is 0.566. The number of rotatable bonds is 4. The molecule has 2 aliphatic rings. The van der Waals surface area contributed by atoms with Crippen molar-refractivity contribution in [1.82, 2.24) is 10.3 Å². The van der Waals surface area contributed by atoms with E-state index >= 15 is 0 Å². The molecule has 2 aromatic carbocycles. The molecule has 0 saturated carbocycles. The Balaban J connectivity index is 1.63. The fraction of sp³-hybridized carbons (Fsp3) is 0.310. The molecular formula is C29H33N5S. The second-order valence-corrected chi connectivity index (χ2v) is 10.6. The Morgan fingerprint density at radius 1 is 1.03 bits per heavy atom. The van der Waals surface area contributed by atoms with E-state index in [2.05, 4.69) is 117 Å². The number of hydrogen-bond acceptors (Lipinski definition) is 4. The molecule has 3 heterocycles. The molecule has 1 aromatic heterocycles. The highest BCUT2D eigenvalue weighted by molar-refractivity contribution is 7.80. The number of thiocarbonyl (C=S) groups is 1. The van der Waals surface area contributed by atoms with Crippen LogP contribution in [0.4, 0.5) is 17.1 Å². The van der Waals surface area contributed by atoms with Crippen molar-refractivity contribution in [2.75, 3.05) is 35.8 Å². The summed E-state index contributed by atoms with van der Waals surface area (Å²) >= 11 is 5.91. The Morgan fingerprint density at radius 3 is 2.43 bits per heavy atom. The quantitative estimate of drug-likeness (QED) is 0.462. The number of anilines is 3. The first-order valence-electron chi connectivity index (χ1n) is 12.0. The van der Waals surface area contributed by atoms with Gasteiger partial charge in [0.2, 0.25) is 0 Å². The van der Waals surface area contributed by atoms with Gasteiger partial charge in [0, 0.05) is 50.0 Å². The van der Waals surface area contributed by atoms with Crippen LogP contribution < -0.4 is 20.0 Å². The minimum atomic E-state index is -0.0580. The van der Waals surface area contributed by atoms with Crippen molar-refractivity contribution in [2.24, 2.45) is 0 Å². The summed E-state index contributed by atoms with van der Waals surface area (Å²) in [6.45, 7) is 6.72. The fourth-order valence-corrected chi connectivity index (χ4v) is 5.59. The Bertz CT molecular complexity index is 1280. The topological polar surface area (TPSA) is 34.6 Å². The number of aromatic nitrogens is 1. The molecule has 35 heavy (non-hydrogen) atoms. The van der Waals surface area contributed by atoms with Gasteiger partial charge in [-0.05, 0) is 92.7 Å². The molecule has 0 spiro atoms. The van der Waals surface area contributed by atoms with E-state index in [0.717, 1.165) is 17.1 Å². The molecule has 2 atom stereocenters. The van der Waals surface area contributed by atoms with Gasteiger partial charge in [0.25, 0.3) is 0 Å². The Labute approximate surface area is 214 Å². The lowest BCUT2D eigenvalue weighted by Crippen LogP contribution is -2.42. The van der Waals surface area contributed by atoms with E-state index in [0.29, 0.717) is 5.11 Å². The van der Waals surface area contributed by atoms with Crippen LogP contribution in [0.5, 0.6) is 0 Å². The van der Waals surface area contributed by atoms with Crippen LogP contribution in [0.25, 0.3) is 5.57 Å². The van der Waals surface area contributed by atoms with E-state index in [4.69, 9.17) is 17.2 Å². The SMILES string of the molecule is CC1=CC(C)(C)N(C)c2ccc(C3C(c4ccccn4)NC(=S)N3c3ccc(N(C)C)cc3)cc21. The predicted molar refractivity (Wildman–Crippen MR) is 151 cm³/mol. The summed E-state index contributed by atoms with van der Waals surface area (Å²) in [6, 6.07) is 21.4. The van der Waals surface area contributed by atoms with Crippen LogP contribution in [0.15, 0.2) is 72.9 Å². The third-order valence-corrected chi connectivity index (χ3v) is 7.64. The summed E-state index contributed by atoms with van der Waals surface area (Å²) in [6.07, 6.45) is 4.20. The number of fused-ring (bicyclic) bond motifs is 1. The van der Waals surface area contributed by atoms with Gasteiger partial charge >= 0.3 is 0 Å². The van der Waals surface area contributed by atoms with Crippen LogP contribution in [-0.2, 0) is 0 Å². The molecule has 180 valence electrons. The smallest absolute Gasteiger partial charge is 0.174 e. The fourth-order valence-electron chi connectivity index (χ4n) is 5.24. The number of benzene rings is 2. The molecule has 6 heteroatoms. The van der Waals surface area contributed by atoms with Gasteiger partial charge in [-0.2, -0.15) is 0 Å². The van der Waals surface area contributed by atoms with Gasteiger partial charge < -0.3 is 20.0 Å². The molecule has 0 bridgehead atoms. The maximum atomic E-state index is 5.91. The summed E-state index contributed by atoms with van der Waals surface area (Å²) in [5.41, 5.74) is 8.22. The molecule has 3 aromatic rings. The molecule has 5 nitrogen and oxygen atoms in total. The maximum absolute atomic E-state index is 5.91. The Hall–Kier alpha value is -3.38. The van der Waals surface area contributed by atoms with E-state index in [9.17, 15) is 0 Å². The molecule has 5 rings (SSSR count). The molecule has 2 aliphatic heterocycles. The molecule has 2 unspecified atom stereocenters. The zero-order valence-electron chi connectivity index (χ0n) is 21.3. The second kappa shape index (κ2) is 8.68. The van der Waals surface area contributed by atoms with Gasteiger partial charge in [0.15, 0.2) is 5.11 Å². The molecule has 1 fully saturated rings. The van der Waals surface area contributed by atoms with Crippen LogP contribution in [0.1, 0.15) is 49.7 Å². The highest BCUT2D eigenvalue weighted by Gasteiger charge is 2.41. The third-order valence-electron chi connectivity index (χ3n) is 7.32. The monoisotopic (exact) mass is 483 g/mol. The van der Waals surface area contributed by atoms with E-state index in [1.165, 1.54) is 22.4 Å². The van der Waals surface area contributed by atoms with Gasteiger partial charge in [-0.3, -0.25) is 4.98 Å². The lowest BCUT2D eigenvalue weighted by Gasteiger charge is -2.41. The van der Waals surface area contributed by atoms with Crippen LogP contribution in [0, 0.1) is 0 Å². The van der Waals surface area contributed by atoms with Crippen LogP contribution in [-0.4, -0.2) is 36.8 Å². The van der Waals surface area contributed by atoms with Crippen molar-refractivity contribution in [3.63, 3.8) is 0 Å². The lowest BCUT2D eigenvalue weighted by atomic mass is 9.86. The number of likely N-dealkylation sites (N-methyl/N-ethyl adjacent to an activating group) is 1. The summed E-state index contributed by atoms with van der Waals surface area (Å²) in [5, 5.41) is 4.29. The number of nitrogens with one attached hydrogen (secondary N) is 1. The van der Waals surface area contributed by atoms with Gasteiger partial charge in [-0.1, -0.05) is 18.2 Å². The van der Waals surface area contributed by atoms with E-state index in [1.807, 2.05) is 18.3 Å². The van der Waals surface area contributed by atoms with E-state index < -0.39 is 0 Å². The molecule has 1 saturated heterocycles. The Kier molecular flexibility index (Phi) is 5.80. The number of nitrogens with zero attached hydrogens (tertiary/aromatic N) is 4. The normalized spacial score (nSPS) is 20.9. The van der Waals surface area contributed by atoms with E-state index in [-0.39, 0.29) is 17.6 Å². The minimum Gasteiger partial charge on any atom is -0.378 e. The first-order chi connectivity index (χ1) is 16.7.